The van der Waals surface area contributed by atoms with Gasteiger partial charge in [-0.1, -0.05) is 16.9 Å². The number of rotatable bonds is 6. The van der Waals surface area contributed by atoms with Crippen LogP contribution in [0, 0.1) is 20.8 Å². The van der Waals surface area contributed by atoms with Crippen LogP contribution in [0.25, 0.3) is 17.2 Å². The zero-order chi connectivity index (χ0) is 20.5. The topological polar surface area (TPSA) is 91.6 Å². The van der Waals surface area contributed by atoms with Gasteiger partial charge < -0.3 is 9.09 Å². The molecule has 148 valence electrons. The van der Waals surface area contributed by atoms with Gasteiger partial charge in [0.1, 0.15) is 5.76 Å². The van der Waals surface area contributed by atoms with E-state index in [2.05, 4.69) is 20.3 Å². The summed E-state index contributed by atoms with van der Waals surface area (Å²) in [6, 6.07) is 7.50. The van der Waals surface area contributed by atoms with Crippen molar-refractivity contribution >= 4 is 17.5 Å². The molecule has 0 unspecified atom stereocenters. The molecule has 0 saturated heterocycles. The molecule has 0 N–H and O–H groups in total. The fraction of sp³-hybridized carbons (Fsp3) is 0.250. The Morgan fingerprint density at radius 2 is 1.90 bits per heavy atom. The maximum absolute atomic E-state index is 12.9. The molecule has 4 aromatic rings. The zero-order valence-electron chi connectivity index (χ0n) is 16.6. The molecule has 0 aliphatic heterocycles. The van der Waals surface area contributed by atoms with Crippen LogP contribution >= 0.6 is 11.8 Å². The van der Waals surface area contributed by atoms with Gasteiger partial charge in [0.2, 0.25) is 0 Å². The number of hydrogen-bond donors (Lipinski definition) is 0. The quantitative estimate of drug-likeness (QED) is 0.356. The van der Waals surface area contributed by atoms with Crippen molar-refractivity contribution in [2.45, 2.75) is 25.9 Å². The molecule has 4 rings (SSSR count). The van der Waals surface area contributed by atoms with Gasteiger partial charge in [-0.05, 0) is 39.0 Å². The second kappa shape index (κ2) is 7.67. The lowest BCUT2D eigenvalue weighted by atomic mass is 10.2. The maximum atomic E-state index is 12.9. The highest BCUT2D eigenvalue weighted by Crippen LogP contribution is 2.25. The summed E-state index contributed by atoms with van der Waals surface area (Å²) in [5, 5.41) is 13.2. The van der Waals surface area contributed by atoms with Crippen LogP contribution in [0.15, 0.2) is 46.3 Å². The number of aryl methyl sites for hydroxylation is 2. The van der Waals surface area contributed by atoms with Crippen LogP contribution in [0.5, 0.6) is 0 Å². The largest absolute Gasteiger partial charge is 0.360 e. The van der Waals surface area contributed by atoms with E-state index in [4.69, 9.17) is 4.52 Å². The van der Waals surface area contributed by atoms with E-state index in [1.807, 2.05) is 61.2 Å². The summed E-state index contributed by atoms with van der Waals surface area (Å²) in [7, 11) is 1.89. The van der Waals surface area contributed by atoms with Crippen LogP contribution in [0.2, 0.25) is 0 Å². The molecule has 0 amide bonds. The van der Waals surface area contributed by atoms with E-state index in [1.54, 1.807) is 12.4 Å². The second-order valence-electron chi connectivity index (χ2n) is 6.73. The number of nitrogens with zero attached hydrogens (tertiary/aromatic N) is 6. The average Bonchev–Trinajstić information content (AvgIpc) is 3.38. The highest BCUT2D eigenvalue weighted by molar-refractivity contribution is 7.99. The summed E-state index contributed by atoms with van der Waals surface area (Å²) in [5.74, 6) is 2.44. The second-order valence-corrected chi connectivity index (χ2v) is 7.67. The van der Waals surface area contributed by atoms with Crippen LogP contribution in [-0.4, -0.2) is 41.0 Å². The number of ketones is 1. The fourth-order valence-corrected chi connectivity index (χ4v) is 4.05. The van der Waals surface area contributed by atoms with Crippen LogP contribution in [-0.2, 0) is 7.05 Å². The summed E-state index contributed by atoms with van der Waals surface area (Å²) >= 11 is 1.37. The first-order valence-electron chi connectivity index (χ1n) is 9.04. The smallest absolute Gasteiger partial charge is 0.191 e. The van der Waals surface area contributed by atoms with E-state index in [0.29, 0.717) is 16.5 Å². The Bertz CT molecular complexity index is 1180. The Morgan fingerprint density at radius 3 is 2.59 bits per heavy atom. The molecule has 0 saturated carbocycles. The number of thioether (sulfide) groups is 1. The van der Waals surface area contributed by atoms with E-state index < -0.39 is 0 Å². The number of carbonyl (C=O) groups is 1. The predicted octanol–water partition coefficient (Wildman–Crippen LogP) is 3.56. The molecule has 0 aromatic carbocycles. The van der Waals surface area contributed by atoms with E-state index in [0.717, 1.165) is 28.5 Å². The maximum Gasteiger partial charge on any atom is 0.191 e. The van der Waals surface area contributed by atoms with E-state index >= 15 is 0 Å². The van der Waals surface area contributed by atoms with Crippen molar-refractivity contribution in [2.75, 3.05) is 5.75 Å². The van der Waals surface area contributed by atoms with E-state index in [-0.39, 0.29) is 11.5 Å². The Kier molecular flexibility index (Phi) is 5.06. The Morgan fingerprint density at radius 1 is 1.14 bits per heavy atom. The Hall–Kier alpha value is -3.20. The molecule has 0 bridgehead atoms. The zero-order valence-corrected chi connectivity index (χ0v) is 17.4. The molecule has 0 radical (unpaired) electrons. The molecule has 0 aliphatic rings. The van der Waals surface area contributed by atoms with Gasteiger partial charge >= 0.3 is 0 Å². The van der Waals surface area contributed by atoms with Gasteiger partial charge in [-0.15, -0.1) is 10.2 Å². The van der Waals surface area contributed by atoms with Crippen molar-refractivity contribution in [3.05, 3.63) is 59.4 Å². The number of carbonyl (C=O) groups excluding carboxylic acids is 1. The van der Waals surface area contributed by atoms with Gasteiger partial charge in [0.05, 0.1) is 5.75 Å². The first-order valence-corrected chi connectivity index (χ1v) is 10.0. The monoisotopic (exact) mass is 408 g/mol. The van der Waals surface area contributed by atoms with Crippen LogP contribution in [0.4, 0.5) is 0 Å². The van der Waals surface area contributed by atoms with Gasteiger partial charge in [-0.2, -0.15) is 0 Å². The summed E-state index contributed by atoms with van der Waals surface area (Å²) in [6.45, 7) is 5.71. The normalized spacial score (nSPS) is 11.2. The predicted molar refractivity (Wildman–Crippen MR) is 109 cm³/mol. The van der Waals surface area contributed by atoms with Crippen molar-refractivity contribution in [1.82, 2.24) is 29.5 Å². The summed E-state index contributed by atoms with van der Waals surface area (Å²) in [4.78, 5) is 16.9. The number of aromatic nitrogens is 6. The first kappa shape index (κ1) is 19.1. The van der Waals surface area contributed by atoms with Crippen molar-refractivity contribution < 1.29 is 9.32 Å². The highest BCUT2D eigenvalue weighted by atomic mass is 32.2. The Labute approximate surface area is 172 Å². The molecular weight excluding hydrogens is 388 g/mol. The molecule has 29 heavy (non-hydrogen) atoms. The van der Waals surface area contributed by atoms with Gasteiger partial charge in [0, 0.05) is 48.0 Å². The summed E-state index contributed by atoms with van der Waals surface area (Å²) in [6.07, 6.45) is 3.43. The Balaban J connectivity index is 1.52. The van der Waals surface area contributed by atoms with Gasteiger partial charge in [-0.25, -0.2) is 0 Å². The lowest BCUT2D eigenvalue weighted by Gasteiger charge is -2.05. The molecule has 0 spiro atoms. The van der Waals surface area contributed by atoms with Crippen molar-refractivity contribution in [3.8, 4) is 17.2 Å². The first-order chi connectivity index (χ1) is 14.0. The third-order valence-corrected chi connectivity index (χ3v) is 5.70. The van der Waals surface area contributed by atoms with E-state index in [9.17, 15) is 4.79 Å². The lowest BCUT2D eigenvalue weighted by Crippen LogP contribution is -2.06. The molecular formula is C20H20N6O2S. The number of Topliss-reactive ketones (excluding diaryl/α,β-unsaturated/α-hetero) is 1. The standard InChI is InChI=1S/C20H20N6O2S/c1-12-9-16(14(3)26(12)18-10-13(2)28-24-18)17(27)11-29-20-23-22-19(25(20)4)15-5-7-21-8-6-15/h5-10H,11H2,1-4H3. The molecule has 0 atom stereocenters. The minimum atomic E-state index is 0.0306. The summed E-state index contributed by atoms with van der Waals surface area (Å²) < 4.78 is 8.99. The molecule has 9 heteroatoms. The third kappa shape index (κ3) is 3.61. The highest BCUT2D eigenvalue weighted by Gasteiger charge is 2.20. The van der Waals surface area contributed by atoms with Gasteiger partial charge in [0.25, 0.3) is 0 Å². The van der Waals surface area contributed by atoms with Crippen molar-refractivity contribution in [3.63, 3.8) is 0 Å². The minimum Gasteiger partial charge on any atom is -0.360 e. The van der Waals surface area contributed by atoms with Crippen molar-refractivity contribution in [2.24, 2.45) is 7.05 Å². The summed E-state index contributed by atoms with van der Waals surface area (Å²) in [5.41, 5.74) is 3.38. The molecule has 0 fully saturated rings. The lowest BCUT2D eigenvalue weighted by molar-refractivity contribution is 0.102. The average molecular weight is 408 g/mol. The van der Waals surface area contributed by atoms with Crippen LogP contribution in [0.1, 0.15) is 27.5 Å². The third-order valence-electron chi connectivity index (χ3n) is 4.68. The molecule has 8 nitrogen and oxygen atoms in total. The van der Waals surface area contributed by atoms with Crippen LogP contribution < -0.4 is 0 Å². The van der Waals surface area contributed by atoms with Crippen LogP contribution in [0.3, 0.4) is 0 Å². The minimum absolute atomic E-state index is 0.0306. The molecule has 4 aromatic heterocycles. The van der Waals surface area contributed by atoms with Gasteiger partial charge in [-0.3, -0.25) is 14.3 Å². The van der Waals surface area contributed by atoms with Gasteiger partial charge in [0.15, 0.2) is 22.6 Å². The van der Waals surface area contributed by atoms with E-state index in [1.165, 1.54) is 11.8 Å². The SMILES string of the molecule is Cc1cc(-n2c(C)cc(C(=O)CSc3nnc(-c4ccncc4)n3C)c2C)no1. The van der Waals surface area contributed by atoms with Crippen molar-refractivity contribution in [1.29, 1.82) is 0 Å². The number of pyridine rings is 1. The molecule has 0 aliphatic carbocycles. The number of hydrogen-bond acceptors (Lipinski definition) is 7. The molecule has 4 heterocycles. The fourth-order valence-electron chi connectivity index (χ4n) is 3.26.